The Morgan fingerprint density at radius 1 is 1.43 bits per heavy atom. The van der Waals surface area contributed by atoms with E-state index in [1.807, 2.05) is 0 Å². The van der Waals surface area contributed by atoms with Crippen LogP contribution in [-0.2, 0) is 10.4 Å². The van der Waals surface area contributed by atoms with Crippen molar-refractivity contribution in [1.29, 1.82) is 0 Å². The van der Waals surface area contributed by atoms with Gasteiger partial charge in [-0.1, -0.05) is 5.16 Å². The quantitative estimate of drug-likeness (QED) is 0.912. The van der Waals surface area contributed by atoms with Crippen LogP contribution in [0.2, 0.25) is 0 Å². The van der Waals surface area contributed by atoms with E-state index in [4.69, 9.17) is 9.26 Å². The van der Waals surface area contributed by atoms with E-state index in [2.05, 4.69) is 15.5 Å². The van der Waals surface area contributed by atoms with Crippen molar-refractivity contribution in [2.45, 2.75) is 49.8 Å². The van der Waals surface area contributed by atoms with Crippen LogP contribution in [0.5, 0.6) is 0 Å². The topological polar surface area (TPSA) is 80.5 Å². The monoisotopic (exact) mass is 324 g/mol. The number of carbonyl (C=O) groups is 1. The molecule has 23 heavy (non-hydrogen) atoms. The summed E-state index contributed by atoms with van der Waals surface area (Å²) in [7, 11) is 0. The smallest absolute Gasteiger partial charge is 0.317 e. The van der Waals surface area contributed by atoms with Crippen molar-refractivity contribution >= 4 is 6.03 Å². The zero-order valence-electron chi connectivity index (χ0n) is 13.0. The molecule has 4 rings (SSSR count). The molecule has 7 nitrogen and oxygen atoms in total. The molecule has 3 fully saturated rings. The minimum atomic E-state index is -1.73. The third-order valence-electron chi connectivity index (χ3n) is 4.78. The molecule has 1 saturated carbocycles. The van der Waals surface area contributed by atoms with E-state index in [-0.39, 0.29) is 31.0 Å². The first-order valence-electron chi connectivity index (χ1n) is 8.31. The largest absolute Gasteiger partial charge is 0.376 e. The van der Waals surface area contributed by atoms with Gasteiger partial charge in [-0.2, -0.15) is 4.98 Å². The van der Waals surface area contributed by atoms with Crippen molar-refractivity contribution in [3.05, 3.63) is 11.7 Å². The van der Waals surface area contributed by atoms with Gasteiger partial charge in [-0.05, 0) is 25.7 Å². The highest BCUT2D eigenvalue weighted by Crippen LogP contribution is 2.41. The molecule has 2 atom stereocenters. The normalized spacial score (nSPS) is 30.8. The van der Waals surface area contributed by atoms with Gasteiger partial charge >= 0.3 is 6.03 Å². The first-order valence-corrected chi connectivity index (χ1v) is 8.31. The number of amides is 2. The predicted molar refractivity (Wildman–Crippen MR) is 77.6 cm³/mol. The van der Waals surface area contributed by atoms with Gasteiger partial charge in [-0.3, -0.25) is 0 Å². The van der Waals surface area contributed by atoms with Crippen molar-refractivity contribution in [2.24, 2.45) is 0 Å². The molecule has 3 heterocycles. The summed E-state index contributed by atoms with van der Waals surface area (Å²) in [6, 6.07) is -0.262. The van der Waals surface area contributed by atoms with Crippen molar-refractivity contribution in [1.82, 2.24) is 20.4 Å². The van der Waals surface area contributed by atoms with Crippen LogP contribution in [0.15, 0.2) is 4.52 Å². The SMILES string of the molecule is O=C(NCC1CCCO1)N1CCC(F)(c2nc(C3CC3)no2)C1. The lowest BCUT2D eigenvalue weighted by Crippen LogP contribution is -2.42. The number of halogens is 1. The second-order valence-corrected chi connectivity index (χ2v) is 6.69. The van der Waals surface area contributed by atoms with E-state index < -0.39 is 5.67 Å². The summed E-state index contributed by atoms with van der Waals surface area (Å²) in [5.41, 5.74) is -1.73. The van der Waals surface area contributed by atoms with Crippen LogP contribution in [0.25, 0.3) is 0 Å². The minimum absolute atomic E-state index is 0.00817. The van der Waals surface area contributed by atoms with Crippen LogP contribution in [0.3, 0.4) is 0 Å². The van der Waals surface area contributed by atoms with E-state index in [0.717, 1.165) is 32.3 Å². The number of nitrogens with zero attached hydrogens (tertiary/aromatic N) is 3. The molecule has 0 aromatic carbocycles. The molecule has 2 unspecified atom stereocenters. The summed E-state index contributed by atoms with van der Waals surface area (Å²) in [5, 5.41) is 6.68. The highest BCUT2D eigenvalue weighted by Gasteiger charge is 2.47. The lowest BCUT2D eigenvalue weighted by Gasteiger charge is -2.19. The molecule has 2 aliphatic heterocycles. The van der Waals surface area contributed by atoms with Gasteiger partial charge in [0.05, 0.1) is 12.6 Å². The van der Waals surface area contributed by atoms with Gasteiger partial charge in [0.1, 0.15) is 0 Å². The number of aromatic nitrogens is 2. The molecule has 8 heteroatoms. The molecule has 1 aromatic rings. The van der Waals surface area contributed by atoms with E-state index in [1.54, 1.807) is 0 Å². The zero-order valence-corrected chi connectivity index (χ0v) is 13.0. The van der Waals surface area contributed by atoms with Crippen LogP contribution in [-0.4, -0.2) is 53.4 Å². The van der Waals surface area contributed by atoms with E-state index in [1.165, 1.54) is 4.90 Å². The third kappa shape index (κ3) is 3.04. The third-order valence-corrected chi connectivity index (χ3v) is 4.78. The fourth-order valence-electron chi connectivity index (χ4n) is 3.16. The summed E-state index contributed by atoms with van der Waals surface area (Å²) >= 11 is 0. The maximum absolute atomic E-state index is 15.1. The Kier molecular flexibility index (Phi) is 3.71. The van der Waals surface area contributed by atoms with Crippen molar-refractivity contribution < 1.29 is 18.4 Å². The number of alkyl halides is 1. The highest BCUT2D eigenvalue weighted by atomic mass is 19.1. The van der Waals surface area contributed by atoms with Gasteiger partial charge in [0.25, 0.3) is 5.89 Å². The number of rotatable bonds is 4. The average molecular weight is 324 g/mol. The molecule has 1 N–H and O–H groups in total. The van der Waals surface area contributed by atoms with Gasteiger partial charge < -0.3 is 19.5 Å². The zero-order chi connectivity index (χ0) is 15.9. The Morgan fingerprint density at radius 3 is 3.04 bits per heavy atom. The van der Waals surface area contributed by atoms with E-state index >= 15 is 4.39 Å². The number of hydrogen-bond acceptors (Lipinski definition) is 5. The lowest BCUT2D eigenvalue weighted by molar-refractivity contribution is 0.105. The summed E-state index contributed by atoms with van der Waals surface area (Å²) in [6.45, 7) is 1.52. The summed E-state index contributed by atoms with van der Waals surface area (Å²) in [4.78, 5) is 17.8. The summed E-state index contributed by atoms with van der Waals surface area (Å²) in [5.74, 6) is 0.926. The minimum Gasteiger partial charge on any atom is -0.376 e. The molecule has 126 valence electrons. The fraction of sp³-hybridized carbons (Fsp3) is 0.800. The van der Waals surface area contributed by atoms with Gasteiger partial charge in [-0.15, -0.1) is 0 Å². The Hall–Kier alpha value is -1.70. The summed E-state index contributed by atoms with van der Waals surface area (Å²) in [6.07, 6.45) is 4.32. The van der Waals surface area contributed by atoms with Gasteiger partial charge in [0.15, 0.2) is 5.82 Å². The lowest BCUT2D eigenvalue weighted by atomic mass is 10.1. The van der Waals surface area contributed by atoms with Gasteiger partial charge in [0, 0.05) is 32.0 Å². The van der Waals surface area contributed by atoms with Gasteiger partial charge in [0.2, 0.25) is 5.67 Å². The van der Waals surface area contributed by atoms with Crippen LogP contribution in [0.4, 0.5) is 9.18 Å². The molecule has 2 saturated heterocycles. The Bertz CT molecular complexity index is 585. The Balaban J connectivity index is 1.34. The molecule has 0 radical (unpaired) electrons. The molecular weight excluding hydrogens is 303 g/mol. The van der Waals surface area contributed by atoms with Crippen LogP contribution >= 0.6 is 0 Å². The predicted octanol–water partition coefficient (Wildman–Crippen LogP) is 1.71. The number of hydrogen-bond donors (Lipinski definition) is 1. The summed E-state index contributed by atoms with van der Waals surface area (Å²) < 4.78 is 25.6. The number of urea groups is 1. The van der Waals surface area contributed by atoms with Crippen LogP contribution in [0.1, 0.15) is 49.7 Å². The maximum Gasteiger partial charge on any atom is 0.317 e. The molecule has 0 spiro atoms. The second-order valence-electron chi connectivity index (χ2n) is 6.69. The molecule has 0 bridgehead atoms. The van der Waals surface area contributed by atoms with Crippen molar-refractivity contribution in [3.63, 3.8) is 0 Å². The average Bonchev–Trinajstić information content (AvgIpc) is 3.00. The number of ether oxygens (including phenoxy) is 1. The van der Waals surface area contributed by atoms with Gasteiger partial charge in [-0.25, -0.2) is 9.18 Å². The van der Waals surface area contributed by atoms with Crippen molar-refractivity contribution in [3.8, 4) is 0 Å². The number of likely N-dealkylation sites (tertiary alicyclic amines) is 1. The Morgan fingerprint density at radius 2 is 2.30 bits per heavy atom. The maximum atomic E-state index is 15.1. The fourth-order valence-corrected chi connectivity index (χ4v) is 3.16. The second kappa shape index (κ2) is 5.74. The first-order chi connectivity index (χ1) is 11.1. The molecule has 3 aliphatic rings. The Labute approximate surface area is 133 Å². The highest BCUT2D eigenvalue weighted by molar-refractivity contribution is 5.74. The van der Waals surface area contributed by atoms with E-state index in [9.17, 15) is 4.79 Å². The molecule has 1 aliphatic carbocycles. The standard InChI is InChI=1S/C15H21FN4O3/c16-15(13-18-12(19-23-13)10-3-4-10)5-6-20(9-15)14(21)17-8-11-2-1-7-22-11/h10-11H,1-9H2,(H,17,21). The molecule has 1 aromatic heterocycles. The molecular formula is C15H21FN4O3. The van der Waals surface area contributed by atoms with Crippen molar-refractivity contribution in [2.75, 3.05) is 26.2 Å². The molecule has 2 amide bonds. The first kappa shape index (κ1) is 14.9. The van der Waals surface area contributed by atoms with E-state index in [0.29, 0.717) is 24.8 Å². The number of carbonyl (C=O) groups excluding carboxylic acids is 1. The number of nitrogens with one attached hydrogen (secondary N) is 1. The van der Waals surface area contributed by atoms with Crippen LogP contribution in [0, 0.1) is 0 Å². The van der Waals surface area contributed by atoms with Crippen LogP contribution < -0.4 is 5.32 Å².